The van der Waals surface area contributed by atoms with Gasteiger partial charge in [-0.1, -0.05) is 19.3 Å². The molecule has 1 heterocycles. The smallest absolute Gasteiger partial charge is 0.367 e. The van der Waals surface area contributed by atoms with Crippen LogP contribution in [-0.4, -0.2) is 11.0 Å². The summed E-state index contributed by atoms with van der Waals surface area (Å²) in [4.78, 5) is 3.81. The van der Waals surface area contributed by atoms with E-state index in [-0.39, 0.29) is 11.9 Å². The van der Waals surface area contributed by atoms with Crippen LogP contribution < -0.4 is 5.32 Å². The molecule has 5 heteroatoms. The zero-order valence-corrected chi connectivity index (χ0v) is 9.43. The molecule has 0 amide bonds. The predicted molar refractivity (Wildman–Crippen MR) is 59.7 cm³/mol. The number of aromatic nitrogens is 1. The van der Waals surface area contributed by atoms with E-state index in [1.807, 2.05) is 0 Å². The molecule has 0 bridgehead atoms. The van der Waals surface area contributed by atoms with Gasteiger partial charge in [0.1, 0.15) is 5.82 Å². The summed E-state index contributed by atoms with van der Waals surface area (Å²) in [5.41, 5.74) is -0.675. The van der Waals surface area contributed by atoms with Gasteiger partial charge < -0.3 is 5.32 Å². The normalized spacial score (nSPS) is 18.1. The van der Waals surface area contributed by atoms with Crippen LogP contribution in [0.4, 0.5) is 19.0 Å². The molecule has 0 radical (unpaired) electrons. The van der Waals surface area contributed by atoms with Gasteiger partial charge in [-0.2, -0.15) is 13.2 Å². The van der Waals surface area contributed by atoms with Crippen LogP contribution in [0.25, 0.3) is 0 Å². The highest BCUT2D eigenvalue weighted by Gasteiger charge is 2.34. The van der Waals surface area contributed by atoms with E-state index in [9.17, 15) is 13.2 Å². The first-order valence-corrected chi connectivity index (χ1v) is 5.86. The molecule has 1 aromatic rings. The average Bonchev–Trinajstić information content (AvgIpc) is 2.30. The summed E-state index contributed by atoms with van der Waals surface area (Å²) in [6.07, 6.45) is 2.22. The fourth-order valence-corrected chi connectivity index (χ4v) is 2.19. The van der Waals surface area contributed by atoms with Crippen LogP contribution in [0, 0.1) is 0 Å². The first kappa shape index (κ1) is 12.2. The van der Waals surface area contributed by atoms with Gasteiger partial charge in [-0.3, -0.25) is 0 Å². The number of hydrogen-bond donors (Lipinski definition) is 1. The molecule has 0 atom stereocenters. The monoisotopic (exact) mass is 244 g/mol. The molecule has 0 saturated heterocycles. The summed E-state index contributed by atoms with van der Waals surface area (Å²) in [7, 11) is 0. The van der Waals surface area contributed by atoms with E-state index < -0.39 is 11.7 Å². The lowest BCUT2D eigenvalue weighted by atomic mass is 9.95. The summed E-state index contributed by atoms with van der Waals surface area (Å²) in [5, 5.41) is 2.92. The molecule has 94 valence electrons. The first-order chi connectivity index (χ1) is 8.07. The Bertz CT molecular complexity index is 370. The molecule has 2 rings (SSSR count). The van der Waals surface area contributed by atoms with E-state index >= 15 is 0 Å². The minimum Gasteiger partial charge on any atom is -0.367 e. The van der Waals surface area contributed by atoms with Gasteiger partial charge in [-0.25, -0.2) is 4.98 Å². The second kappa shape index (κ2) is 4.94. The molecule has 0 aromatic carbocycles. The maximum absolute atomic E-state index is 12.7. The number of pyridine rings is 1. The highest BCUT2D eigenvalue weighted by atomic mass is 19.4. The van der Waals surface area contributed by atoms with Crippen LogP contribution in [0.3, 0.4) is 0 Å². The summed E-state index contributed by atoms with van der Waals surface area (Å²) in [6.45, 7) is 0. The van der Waals surface area contributed by atoms with Crippen LogP contribution in [-0.2, 0) is 6.18 Å². The van der Waals surface area contributed by atoms with Gasteiger partial charge in [0.2, 0.25) is 0 Å². The summed E-state index contributed by atoms with van der Waals surface area (Å²) in [6, 6.07) is 2.51. The zero-order chi connectivity index (χ0) is 12.3. The number of nitrogens with zero attached hydrogens (tertiary/aromatic N) is 1. The van der Waals surface area contributed by atoms with Crippen molar-refractivity contribution in [2.24, 2.45) is 0 Å². The highest BCUT2D eigenvalue weighted by molar-refractivity contribution is 5.46. The standard InChI is InChI=1S/C12H15F3N2/c13-12(14,15)10-7-4-8-16-11(10)17-9-5-2-1-3-6-9/h4,7-9H,1-3,5-6H2,(H,16,17). The lowest BCUT2D eigenvalue weighted by molar-refractivity contribution is -0.137. The molecule has 1 aromatic heterocycles. The van der Waals surface area contributed by atoms with Crippen LogP contribution in [0.15, 0.2) is 18.3 Å². The molecular weight excluding hydrogens is 229 g/mol. The van der Waals surface area contributed by atoms with E-state index in [2.05, 4.69) is 10.3 Å². The fraction of sp³-hybridized carbons (Fsp3) is 0.583. The van der Waals surface area contributed by atoms with Crippen molar-refractivity contribution >= 4 is 5.82 Å². The summed E-state index contributed by atoms with van der Waals surface area (Å²) in [5.74, 6) is -0.0353. The molecule has 1 fully saturated rings. The van der Waals surface area contributed by atoms with Gasteiger partial charge in [-0.05, 0) is 25.0 Å². The third-order valence-corrected chi connectivity index (χ3v) is 3.06. The number of rotatable bonds is 2. The van der Waals surface area contributed by atoms with Gasteiger partial charge in [0.05, 0.1) is 5.56 Å². The van der Waals surface area contributed by atoms with Crippen LogP contribution in [0.1, 0.15) is 37.7 Å². The maximum atomic E-state index is 12.7. The van der Waals surface area contributed by atoms with E-state index in [4.69, 9.17) is 0 Å². The van der Waals surface area contributed by atoms with Crippen molar-refractivity contribution in [1.82, 2.24) is 4.98 Å². The van der Waals surface area contributed by atoms with Gasteiger partial charge in [0, 0.05) is 12.2 Å². The van der Waals surface area contributed by atoms with Crippen molar-refractivity contribution in [3.05, 3.63) is 23.9 Å². The molecule has 0 spiro atoms. The largest absolute Gasteiger partial charge is 0.419 e. The Balaban J connectivity index is 2.14. The molecule has 1 saturated carbocycles. The minimum absolute atomic E-state index is 0.0353. The maximum Gasteiger partial charge on any atom is 0.419 e. The van der Waals surface area contributed by atoms with Crippen molar-refractivity contribution < 1.29 is 13.2 Å². The number of hydrogen-bond acceptors (Lipinski definition) is 2. The Morgan fingerprint density at radius 1 is 1.18 bits per heavy atom. The molecular formula is C12H15F3N2. The third-order valence-electron chi connectivity index (χ3n) is 3.06. The Morgan fingerprint density at radius 2 is 1.88 bits per heavy atom. The first-order valence-electron chi connectivity index (χ1n) is 5.86. The van der Waals surface area contributed by atoms with Crippen molar-refractivity contribution in [2.45, 2.75) is 44.3 Å². The second-order valence-electron chi connectivity index (χ2n) is 4.38. The van der Waals surface area contributed by atoms with E-state index in [1.165, 1.54) is 18.7 Å². The molecule has 0 aliphatic heterocycles. The topological polar surface area (TPSA) is 24.9 Å². The average molecular weight is 244 g/mol. The molecule has 1 N–H and O–H groups in total. The Morgan fingerprint density at radius 3 is 2.53 bits per heavy atom. The van der Waals surface area contributed by atoms with Crippen molar-refractivity contribution in [2.75, 3.05) is 5.32 Å². The zero-order valence-electron chi connectivity index (χ0n) is 9.43. The quantitative estimate of drug-likeness (QED) is 0.854. The molecule has 0 unspecified atom stereocenters. The van der Waals surface area contributed by atoms with Crippen LogP contribution in [0.2, 0.25) is 0 Å². The summed E-state index contributed by atoms with van der Waals surface area (Å²) >= 11 is 0. The minimum atomic E-state index is -4.34. The highest BCUT2D eigenvalue weighted by Crippen LogP contribution is 2.34. The number of halogens is 3. The van der Waals surface area contributed by atoms with E-state index in [0.717, 1.165) is 31.7 Å². The van der Waals surface area contributed by atoms with Gasteiger partial charge in [-0.15, -0.1) is 0 Å². The lowest BCUT2D eigenvalue weighted by Gasteiger charge is -2.24. The molecule has 2 nitrogen and oxygen atoms in total. The number of anilines is 1. The Kier molecular flexibility index (Phi) is 3.54. The van der Waals surface area contributed by atoms with Crippen molar-refractivity contribution in [3.63, 3.8) is 0 Å². The Hall–Kier alpha value is -1.26. The third kappa shape index (κ3) is 3.11. The van der Waals surface area contributed by atoms with Crippen molar-refractivity contribution in [1.29, 1.82) is 0 Å². The van der Waals surface area contributed by atoms with Crippen LogP contribution in [0.5, 0.6) is 0 Å². The lowest BCUT2D eigenvalue weighted by Crippen LogP contribution is -2.24. The fourth-order valence-electron chi connectivity index (χ4n) is 2.19. The molecule has 17 heavy (non-hydrogen) atoms. The molecule has 1 aliphatic rings. The van der Waals surface area contributed by atoms with Gasteiger partial charge >= 0.3 is 6.18 Å². The van der Waals surface area contributed by atoms with E-state index in [0.29, 0.717) is 0 Å². The van der Waals surface area contributed by atoms with Crippen LogP contribution >= 0.6 is 0 Å². The number of nitrogens with one attached hydrogen (secondary N) is 1. The molecule has 1 aliphatic carbocycles. The van der Waals surface area contributed by atoms with E-state index in [1.54, 1.807) is 0 Å². The second-order valence-corrected chi connectivity index (χ2v) is 4.38. The SMILES string of the molecule is FC(F)(F)c1cccnc1NC1CCCCC1. The number of alkyl halides is 3. The predicted octanol–water partition coefficient (Wildman–Crippen LogP) is 3.85. The Labute approximate surface area is 98.2 Å². The summed E-state index contributed by atoms with van der Waals surface area (Å²) < 4.78 is 38.2. The van der Waals surface area contributed by atoms with Crippen molar-refractivity contribution in [3.8, 4) is 0 Å². The van der Waals surface area contributed by atoms with Gasteiger partial charge in [0.25, 0.3) is 0 Å². The van der Waals surface area contributed by atoms with Gasteiger partial charge in [0.15, 0.2) is 0 Å².